The molecule has 4 nitrogen and oxygen atoms in total. The lowest BCUT2D eigenvalue weighted by molar-refractivity contribution is -0.138. The summed E-state index contributed by atoms with van der Waals surface area (Å²) in [5.41, 5.74) is 1.94. The maximum atomic E-state index is 10.7. The zero-order valence-electron chi connectivity index (χ0n) is 10.1. The highest BCUT2D eigenvalue weighted by Crippen LogP contribution is 2.08. The summed E-state index contributed by atoms with van der Waals surface area (Å²) in [6, 6.07) is 7.58. The molecule has 0 heterocycles. The van der Waals surface area contributed by atoms with Gasteiger partial charge in [-0.25, -0.2) is 0 Å². The van der Waals surface area contributed by atoms with Gasteiger partial charge in [0.1, 0.15) is 0 Å². The van der Waals surface area contributed by atoms with E-state index in [-0.39, 0.29) is 13.2 Å². The van der Waals surface area contributed by atoms with Crippen molar-refractivity contribution in [3.05, 3.63) is 35.4 Å². The lowest BCUT2D eigenvalue weighted by Crippen LogP contribution is -2.30. The summed E-state index contributed by atoms with van der Waals surface area (Å²) in [5.74, 6) is -0.801. The van der Waals surface area contributed by atoms with Crippen LogP contribution in [-0.4, -0.2) is 34.2 Å². The molecule has 0 atom stereocenters. The zero-order chi connectivity index (χ0) is 12.7. The lowest BCUT2D eigenvalue weighted by atomic mass is 10.1. The Hall–Kier alpha value is -1.39. The molecule has 1 aromatic carbocycles. The van der Waals surface area contributed by atoms with E-state index >= 15 is 0 Å². The van der Waals surface area contributed by atoms with E-state index in [0.29, 0.717) is 6.54 Å². The molecule has 2 N–H and O–H groups in total. The Balaban J connectivity index is 2.61. The van der Waals surface area contributed by atoms with Crippen molar-refractivity contribution in [2.75, 3.05) is 13.1 Å². The first-order chi connectivity index (χ1) is 8.15. The molecule has 4 heteroatoms. The molecule has 0 radical (unpaired) electrons. The van der Waals surface area contributed by atoms with Crippen LogP contribution in [0.1, 0.15) is 24.5 Å². The van der Waals surface area contributed by atoms with E-state index in [2.05, 4.69) is 0 Å². The van der Waals surface area contributed by atoms with Gasteiger partial charge in [0.2, 0.25) is 0 Å². The van der Waals surface area contributed by atoms with Crippen LogP contribution in [0.25, 0.3) is 0 Å². The molecule has 0 fully saturated rings. The summed E-state index contributed by atoms with van der Waals surface area (Å²) >= 11 is 0. The fourth-order valence-corrected chi connectivity index (χ4v) is 1.73. The van der Waals surface area contributed by atoms with Crippen molar-refractivity contribution < 1.29 is 15.0 Å². The van der Waals surface area contributed by atoms with Gasteiger partial charge in [0.05, 0.1) is 13.2 Å². The van der Waals surface area contributed by atoms with Crippen LogP contribution < -0.4 is 0 Å². The average Bonchev–Trinajstić information content (AvgIpc) is 2.29. The summed E-state index contributed by atoms with van der Waals surface area (Å²) in [6.45, 7) is 3.54. The van der Waals surface area contributed by atoms with Crippen molar-refractivity contribution in [1.29, 1.82) is 0 Å². The van der Waals surface area contributed by atoms with Crippen LogP contribution >= 0.6 is 0 Å². The molecule has 94 valence electrons. The monoisotopic (exact) mass is 237 g/mol. The number of nitrogens with zero attached hydrogens (tertiary/aromatic N) is 1. The van der Waals surface area contributed by atoms with Crippen LogP contribution in [0.5, 0.6) is 0 Å². The topological polar surface area (TPSA) is 60.8 Å². The van der Waals surface area contributed by atoms with Crippen LogP contribution in [0.4, 0.5) is 0 Å². The van der Waals surface area contributed by atoms with Gasteiger partial charge in [0.25, 0.3) is 0 Å². The lowest BCUT2D eigenvalue weighted by Gasteiger charge is -2.19. The number of hydrogen-bond donors (Lipinski definition) is 2. The highest BCUT2D eigenvalue weighted by atomic mass is 16.4. The van der Waals surface area contributed by atoms with Gasteiger partial charge in [0.15, 0.2) is 0 Å². The molecule has 1 aromatic rings. The number of carboxylic acid groups (broad SMARTS) is 1. The molecule has 0 unspecified atom stereocenters. The van der Waals surface area contributed by atoms with Crippen molar-refractivity contribution in [3.63, 3.8) is 0 Å². The Kier molecular flexibility index (Phi) is 5.66. The van der Waals surface area contributed by atoms with Crippen LogP contribution in [0.2, 0.25) is 0 Å². The van der Waals surface area contributed by atoms with E-state index < -0.39 is 5.97 Å². The third-order valence-electron chi connectivity index (χ3n) is 2.51. The Labute approximate surface area is 101 Å². The predicted molar refractivity (Wildman–Crippen MR) is 65.6 cm³/mol. The quantitative estimate of drug-likeness (QED) is 0.754. The number of carboxylic acids is 1. The van der Waals surface area contributed by atoms with Gasteiger partial charge in [-0.2, -0.15) is 0 Å². The Morgan fingerprint density at radius 1 is 1.24 bits per heavy atom. The Bertz CT molecular complexity index is 348. The summed E-state index contributed by atoms with van der Waals surface area (Å²) in [5, 5.41) is 17.7. The maximum absolute atomic E-state index is 10.7. The molecule has 0 aromatic heterocycles. The van der Waals surface area contributed by atoms with E-state index in [9.17, 15) is 4.79 Å². The maximum Gasteiger partial charge on any atom is 0.317 e. The van der Waals surface area contributed by atoms with Gasteiger partial charge >= 0.3 is 5.97 Å². The molecule has 0 bridgehead atoms. The van der Waals surface area contributed by atoms with Crippen LogP contribution in [0.15, 0.2) is 24.3 Å². The molecule has 0 spiro atoms. The third-order valence-corrected chi connectivity index (χ3v) is 2.51. The van der Waals surface area contributed by atoms with Crippen molar-refractivity contribution >= 4 is 5.97 Å². The summed E-state index contributed by atoms with van der Waals surface area (Å²) in [7, 11) is 0. The summed E-state index contributed by atoms with van der Waals surface area (Å²) in [6.07, 6.45) is 0.933. The Morgan fingerprint density at radius 3 is 2.29 bits per heavy atom. The smallest absolute Gasteiger partial charge is 0.317 e. The van der Waals surface area contributed by atoms with E-state index in [1.54, 1.807) is 0 Å². The number of aliphatic hydroxyl groups is 1. The second kappa shape index (κ2) is 7.04. The van der Waals surface area contributed by atoms with Gasteiger partial charge < -0.3 is 10.2 Å². The number of benzene rings is 1. The standard InChI is InChI=1S/C13H19NO3/c1-2-7-14(9-13(16)17)8-11-3-5-12(10-15)6-4-11/h3-6,15H,2,7-10H2,1H3,(H,16,17). The SMILES string of the molecule is CCCN(CC(=O)O)Cc1ccc(CO)cc1. The minimum absolute atomic E-state index is 0.0358. The molecule has 1 rings (SSSR count). The van der Waals surface area contributed by atoms with Gasteiger partial charge in [-0.1, -0.05) is 31.2 Å². The largest absolute Gasteiger partial charge is 0.480 e. The number of hydrogen-bond acceptors (Lipinski definition) is 3. The minimum Gasteiger partial charge on any atom is -0.480 e. The number of aliphatic hydroxyl groups excluding tert-OH is 1. The van der Waals surface area contributed by atoms with E-state index in [1.807, 2.05) is 36.1 Å². The predicted octanol–water partition coefficient (Wildman–Crippen LogP) is 1.48. The molecule has 0 saturated heterocycles. The van der Waals surface area contributed by atoms with Gasteiger partial charge in [-0.15, -0.1) is 0 Å². The molecule has 0 saturated carbocycles. The first kappa shape index (κ1) is 13.7. The van der Waals surface area contributed by atoms with Crippen molar-refractivity contribution in [2.45, 2.75) is 26.5 Å². The number of rotatable bonds is 7. The second-order valence-electron chi connectivity index (χ2n) is 4.08. The van der Waals surface area contributed by atoms with Crippen molar-refractivity contribution in [3.8, 4) is 0 Å². The molecular weight excluding hydrogens is 218 g/mol. The molecule has 17 heavy (non-hydrogen) atoms. The average molecular weight is 237 g/mol. The third kappa shape index (κ3) is 4.97. The Morgan fingerprint density at radius 2 is 1.82 bits per heavy atom. The fraction of sp³-hybridized carbons (Fsp3) is 0.462. The highest BCUT2D eigenvalue weighted by Gasteiger charge is 2.09. The molecule has 0 aliphatic rings. The van der Waals surface area contributed by atoms with Crippen molar-refractivity contribution in [1.82, 2.24) is 4.90 Å². The summed E-state index contributed by atoms with van der Waals surface area (Å²) < 4.78 is 0. The molecule has 0 aliphatic heterocycles. The van der Waals surface area contributed by atoms with Crippen LogP contribution in [0, 0.1) is 0 Å². The van der Waals surface area contributed by atoms with Crippen molar-refractivity contribution in [2.24, 2.45) is 0 Å². The second-order valence-corrected chi connectivity index (χ2v) is 4.08. The molecule has 0 aliphatic carbocycles. The number of aliphatic carboxylic acids is 1. The zero-order valence-corrected chi connectivity index (χ0v) is 10.1. The highest BCUT2D eigenvalue weighted by molar-refractivity contribution is 5.69. The van der Waals surface area contributed by atoms with E-state index in [0.717, 1.165) is 24.1 Å². The fourth-order valence-electron chi connectivity index (χ4n) is 1.73. The first-order valence-corrected chi connectivity index (χ1v) is 5.78. The number of carbonyl (C=O) groups is 1. The van der Waals surface area contributed by atoms with Gasteiger partial charge in [0, 0.05) is 6.54 Å². The normalized spacial score (nSPS) is 10.8. The minimum atomic E-state index is -0.801. The van der Waals surface area contributed by atoms with Crippen LogP contribution in [-0.2, 0) is 17.9 Å². The molecular formula is C13H19NO3. The van der Waals surface area contributed by atoms with E-state index in [4.69, 9.17) is 10.2 Å². The molecule has 0 amide bonds. The van der Waals surface area contributed by atoms with Gasteiger partial charge in [-0.3, -0.25) is 9.69 Å². The first-order valence-electron chi connectivity index (χ1n) is 5.78. The summed E-state index contributed by atoms with van der Waals surface area (Å²) in [4.78, 5) is 12.6. The van der Waals surface area contributed by atoms with Crippen LogP contribution in [0.3, 0.4) is 0 Å². The van der Waals surface area contributed by atoms with E-state index in [1.165, 1.54) is 0 Å². The van der Waals surface area contributed by atoms with Gasteiger partial charge in [-0.05, 0) is 24.1 Å².